The molecule has 2 aromatic rings. The van der Waals surface area contributed by atoms with Crippen LogP contribution < -0.4 is 10.1 Å². The molecule has 1 aromatic carbocycles. The summed E-state index contributed by atoms with van der Waals surface area (Å²) in [4.78, 5) is 8.86. The zero-order valence-electron chi connectivity index (χ0n) is 11.4. The van der Waals surface area contributed by atoms with Crippen LogP contribution in [0.4, 0.5) is 11.5 Å². The average Bonchev–Trinajstić information content (AvgIpc) is 2.38. The second-order valence-corrected chi connectivity index (χ2v) is 6.23. The quantitative estimate of drug-likeness (QED) is 0.743. The van der Waals surface area contributed by atoms with E-state index in [1.165, 1.54) is 0 Å². The number of hydrogen-bond acceptors (Lipinski definition) is 4. The van der Waals surface area contributed by atoms with Gasteiger partial charge in [0.25, 0.3) is 0 Å². The van der Waals surface area contributed by atoms with Crippen molar-refractivity contribution in [2.75, 3.05) is 12.4 Å². The molecule has 0 atom stereocenters. The SMILES string of the molecule is COc1ccc(Nc2cc(Br)nc(C(C)C)n2)cc1Br. The lowest BCUT2D eigenvalue weighted by Gasteiger charge is -2.11. The Balaban J connectivity index is 2.27. The summed E-state index contributed by atoms with van der Waals surface area (Å²) in [6.07, 6.45) is 0. The van der Waals surface area contributed by atoms with Crippen LogP contribution in [-0.2, 0) is 0 Å². The Kier molecular flexibility index (Phi) is 4.99. The largest absolute Gasteiger partial charge is 0.496 e. The molecule has 106 valence electrons. The van der Waals surface area contributed by atoms with Gasteiger partial charge in [-0.3, -0.25) is 0 Å². The molecule has 0 fully saturated rings. The van der Waals surface area contributed by atoms with Gasteiger partial charge in [0.15, 0.2) is 0 Å². The molecule has 0 aliphatic rings. The van der Waals surface area contributed by atoms with Gasteiger partial charge < -0.3 is 10.1 Å². The van der Waals surface area contributed by atoms with Crippen molar-refractivity contribution in [2.45, 2.75) is 19.8 Å². The first-order chi connectivity index (χ1) is 9.49. The lowest BCUT2D eigenvalue weighted by atomic mass is 10.2. The summed E-state index contributed by atoms with van der Waals surface area (Å²) in [6, 6.07) is 7.63. The Bertz CT molecular complexity index is 617. The van der Waals surface area contributed by atoms with Crippen LogP contribution in [0.2, 0.25) is 0 Å². The van der Waals surface area contributed by atoms with Crippen molar-refractivity contribution in [1.82, 2.24) is 9.97 Å². The number of aromatic nitrogens is 2. The van der Waals surface area contributed by atoms with Crippen molar-refractivity contribution >= 4 is 43.4 Å². The highest BCUT2D eigenvalue weighted by Crippen LogP contribution is 2.29. The minimum Gasteiger partial charge on any atom is -0.496 e. The van der Waals surface area contributed by atoms with Crippen molar-refractivity contribution in [3.63, 3.8) is 0 Å². The maximum Gasteiger partial charge on any atom is 0.135 e. The monoisotopic (exact) mass is 399 g/mol. The fraction of sp³-hybridized carbons (Fsp3) is 0.286. The summed E-state index contributed by atoms with van der Waals surface area (Å²) < 4.78 is 6.87. The predicted molar refractivity (Wildman–Crippen MR) is 87.8 cm³/mol. The van der Waals surface area contributed by atoms with Crippen LogP contribution >= 0.6 is 31.9 Å². The third-order valence-corrected chi connectivity index (χ3v) is 3.68. The van der Waals surface area contributed by atoms with E-state index in [9.17, 15) is 0 Å². The third-order valence-electron chi connectivity index (χ3n) is 2.65. The number of methoxy groups -OCH3 is 1. The van der Waals surface area contributed by atoms with Crippen LogP contribution in [0.15, 0.2) is 33.3 Å². The summed E-state index contributed by atoms with van der Waals surface area (Å²) in [6.45, 7) is 4.13. The predicted octanol–water partition coefficient (Wildman–Crippen LogP) is 4.88. The Labute approximate surface area is 135 Å². The highest BCUT2D eigenvalue weighted by Gasteiger charge is 2.08. The molecule has 0 amide bonds. The van der Waals surface area contributed by atoms with Crippen LogP contribution in [0.1, 0.15) is 25.6 Å². The summed E-state index contributed by atoms with van der Waals surface area (Å²) in [5.41, 5.74) is 0.929. The van der Waals surface area contributed by atoms with Crippen molar-refractivity contribution in [2.24, 2.45) is 0 Å². The lowest BCUT2D eigenvalue weighted by molar-refractivity contribution is 0.412. The summed E-state index contributed by atoms with van der Waals surface area (Å²) in [5, 5.41) is 3.27. The first-order valence-electron chi connectivity index (χ1n) is 6.14. The minimum atomic E-state index is 0.274. The molecular formula is C14H15Br2N3O. The fourth-order valence-corrected chi connectivity index (χ4v) is 2.59. The first-order valence-corrected chi connectivity index (χ1v) is 7.73. The molecule has 0 bridgehead atoms. The van der Waals surface area contributed by atoms with Gasteiger partial charge in [0.1, 0.15) is 22.0 Å². The van der Waals surface area contributed by atoms with E-state index in [4.69, 9.17) is 4.74 Å². The maximum absolute atomic E-state index is 5.21. The maximum atomic E-state index is 5.21. The topological polar surface area (TPSA) is 47.0 Å². The van der Waals surface area contributed by atoms with Crippen molar-refractivity contribution in [1.29, 1.82) is 0 Å². The third kappa shape index (κ3) is 3.70. The Morgan fingerprint density at radius 2 is 1.90 bits per heavy atom. The molecule has 1 aromatic heterocycles. The van der Waals surface area contributed by atoms with E-state index in [1.807, 2.05) is 24.3 Å². The van der Waals surface area contributed by atoms with Crippen LogP contribution in [0.25, 0.3) is 0 Å². The molecular weight excluding hydrogens is 386 g/mol. The van der Waals surface area contributed by atoms with Gasteiger partial charge in [-0.25, -0.2) is 9.97 Å². The van der Waals surface area contributed by atoms with E-state index in [1.54, 1.807) is 7.11 Å². The van der Waals surface area contributed by atoms with Gasteiger partial charge in [-0.1, -0.05) is 13.8 Å². The highest BCUT2D eigenvalue weighted by atomic mass is 79.9. The zero-order valence-corrected chi connectivity index (χ0v) is 14.6. The zero-order chi connectivity index (χ0) is 14.7. The number of hydrogen-bond donors (Lipinski definition) is 1. The van der Waals surface area contributed by atoms with E-state index in [2.05, 4.69) is 61.0 Å². The van der Waals surface area contributed by atoms with Gasteiger partial charge >= 0.3 is 0 Å². The molecule has 0 saturated heterocycles. The molecule has 2 rings (SSSR count). The number of benzene rings is 1. The summed E-state index contributed by atoms with van der Waals surface area (Å²) >= 11 is 6.88. The van der Waals surface area contributed by atoms with Gasteiger partial charge in [-0.05, 0) is 50.1 Å². The summed E-state index contributed by atoms with van der Waals surface area (Å²) in [5.74, 6) is 2.63. The van der Waals surface area contributed by atoms with Gasteiger partial charge in [-0.2, -0.15) is 0 Å². The first kappa shape index (κ1) is 15.3. The fourth-order valence-electron chi connectivity index (χ4n) is 1.65. The number of rotatable bonds is 4. The molecule has 0 saturated carbocycles. The van der Waals surface area contributed by atoms with E-state index in [-0.39, 0.29) is 5.92 Å². The number of anilines is 2. The van der Waals surface area contributed by atoms with Crippen LogP contribution in [0.3, 0.4) is 0 Å². The lowest BCUT2D eigenvalue weighted by Crippen LogP contribution is -2.02. The smallest absolute Gasteiger partial charge is 0.135 e. The van der Waals surface area contributed by atoms with E-state index in [0.29, 0.717) is 0 Å². The summed E-state index contributed by atoms with van der Waals surface area (Å²) in [7, 11) is 1.64. The number of nitrogens with zero attached hydrogens (tertiary/aromatic N) is 2. The Morgan fingerprint density at radius 3 is 2.50 bits per heavy atom. The van der Waals surface area contributed by atoms with E-state index < -0.39 is 0 Å². The van der Waals surface area contributed by atoms with Crippen LogP contribution in [0, 0.1) is 0 Å². The second kappa shape index (κ2) is 6.54. The molecule has 1 N–H and O–H groups in total. The average molecular weight is 401 g/mol. The van der Waals surface area contributed by atoms with Crippen molar-refractivity contribution in [3.05, 3.63) is 39.2 Å². The number of halogens is 2. The van der Waals surface area contributed by atoms with Crippen LogP contribution in [0.5, 0.6) is 5.75 Å². The Morgan fingerprint density at radius 1 is 1.15 bits per heavy atom. The second-order valence-electron chi connectivity index (χ2n) is 4.56. The van der Waals surface area contributed by atoms with Gasteiger partial charge in [0.2, 0.25) is 0 Å². The van der Waals surface area contributed by atoms with Gasteiger partial charge in [0.05, 0.1) is 11.6 Å². The molecule has 20 heavy (non-hydrogen) atoms. The molecule has 0 aliphatic carbocycles. The van der Waals surface area contributed by atoms with E-state index in [0.717, 1.165) is 32.2 Å². The molecule has 6 heteroatoms. The minimum absolute atomic E-state index is 0.274. The van der Waals surface area contributed by atoms with E-state index >= 15 is 0 Å². The molecule has 0 spiro atoms. The molecule has 0 unspecified atom stereocenters. The molecule has 0 radical (unpaired) electrons. The van der Waals surface area contributed by atoms with Crippen LogP contribution in [-0.4, -0.2) is 17.1 Å². The molecule has 4 nitrogen and oxygen atoms in total. The molecule has 0 aliphatic heterocycles. The normalized spacial score (nSPS) is 10.7. The van der Waals surface area contributed by atoms with Crippen molar-refractivity contribution < 1.29 is 4.74 Å². The molecule has 1 heterocycles. The Hall–Kier alpha value is -1.14. The van der Waals surface area contributed by atoms with Gasteiger partial charge in [0, 0.05) is 17.7 Å². The highest BCUT2D eigenvalue weighted by molar-refractivity contribution is 9.10. The van der Waals surface area contributed by atoms with Crippen molar-refractivity contribution in [3.8, 4) is 5.75 Å². The number of nitrogens with one attached hydrogen (secondary N) is 1. The number of ether oxygens (including phenoxy) is 1. The van der Waals surface area contributed by atoms with Gasteiger partial charge in [-0.15, -0.1) is 0 Å². The standard InChI is InChI=1S/C14H15Br2N3O/c1-8(2)14-18-12(16)7-13(19-14)17-9-4-5-11(20-3)10(15)6-9/h4-8H,1-3H3,(H,17,18,19).